The third-order valence-electron chi connectivity index (χ3n) is 5.52. The van der Waals surface area contributed by atoms with E-state index in [0.29, 0.717) is 36.5 Å². The van der Waals surface area contributed by atoms with Crippen molar-refractivity contribution in [2.75, 3.05) is 37.9 Å². The highest BCUT2D eigenvalue weighted by Crippen LogP contribution is 2.19. The van der Waals surface area contributed by atoms with E-state index in [2.05, 4.69) is 37.2 Å². The summed E-state index contributed by atoms with van der Waals surface area (Å²) >= 11 is 0. The van der Waals surface area contributed by atoms with Crippen LogP contribution in [0.25, 0.3) is 0 Å². The second-order valence-corrected chi connectivity index (χ2v) is 14.1. The fourth-order valence-electron chi connectivity index (χ4n) is 3.19. The van der Waals surface area contributed by atoms with Crippen molar-refractivity contribution in [1.29, 1.82) is 0 Å². The Labute approximate surface area is 250 Å². The molecule has 0 aliphatic heterocycles. The van der Waals surface area contributed by atoms with Crippen LogP contribution in [0.3, 0.4) is 0 Å². The van der Waals surface area contributed by atoms with E-state index in [1.807, 2.05) is 0 Å². The quantitative estimate of drug-likeness (QED) is 0.236. The molecule has 0 saturated carbocycles. The Balaban J connectivity index is 0.000000420. The monoisotopic (exact) mass is 628 g/mol. The topological polar surface area (TPSA) is 139 Å². The molecule has 0 fully saturated rings. The smallest absolute Gasteiger partial charge is 0.321 e. The summed E-state index contributed by atoms with van der Waals surface area (Å²) in [7, 11) is -7.33. The summed E-state index contributed by atoms with van der Waals surface area (Å²) in [6.45, 7) is 13.2. The zero-order valence-corrected chi connectivity index (χ0v) is 27.0. The Bertz CT molecular complexity index is 1200. The normalized spacial score (nSPS) is 11.4. The molecule has 2 rings (SSSR count). The molecule has 2 aromatic rings. The van der Waals surface area contributed by atoms with Crippen LogP contribution in [-0.2, 0) is 38.7 Å². The van der Waals surface area contributed by atoms with Crippen LogP contribution >= 0.6 is 0 Å². The fraction of sp³-hybridized carbons (Fsp3) is 0.533. The van der Waals surface area contributed by atoms with Crippen molar-refractivity contribution in [1.82, 2.24) is 0 Å². The lowest BCUT2D eigenvalue weighted by Crippen LogP contribution is -2.18. The summed E-state index contributed by atoms with van der Waals surface area (Å²) < 4.78 is 68.3. The van der Waals surface area contributed by atoms with Crippen LogP contribution in [0.2, 0.25) is 0 Å². The largest absolute Gasteiger partial charge is 0.494 e. The molecule has 0 saturated heterocycles. The van der Waals surface area contributed by atoms with Crippen LogP contribution in [0, 0.1) is 11.8 Å². The highest BCUT2D eigenvalue weighted by molar-refractivity contribution is 7.92. The molecule has 0 bridgehead atoms. The molecule has 0 aliphatic carbocycles. The van der Waals surface area contributed by atoms with Gasteiger partial charge in [0.25, 0.3) is 0 Å². The third-order valence-corrected chi connectivity index (χ3v) is 8.73. The Morgan fingerprint density at radius 2 is 0.905 bits per heavy atom. The predicted octanol–water partition coefficient (Wildman–Crippen LogP) is 4.90. The van der Waals surface area contributed by atoms with E-state index in [-0.39, 0.29) is 23.0 Å². The summed E-state index contributed by atoms with van der Waals surface area (Å²) in [5.74, 6) is -0.438. The minimum absolute atomic E-state index is 0.0896. The van der Waals surface area contributed by atoms with E-state index in [1.54, 1.807) is 38.1 Å². The van der Waals surface area contributed by atoms with E-state index in [9.17, 15) is 26.4 Å². The first-order chi connectivity index (χ1) is 19.7. The van der Waals surface area contributed by atoms with Gasteiger partial charge in [0.05, 0.1) is 36.2 Å². The van der Waals surface area contributed by atoms with Gasteiger partial charge >= 0.3 is 11.9 Å². The molecule has 0 radical (unpaired) electrons. The first-order valence-electron chi connectivity index (χ1n) is 13.9. The van der Waals surface area contributed by atoms with Crippen LogP contribution in [0.4, 0.5) is 0 Å². The maximum Gasteiger partial charge on any atom is 0.321 e. The van der Waals surface area contributed by atoms with E-state index >= 15 is 0 Å². The molecule has 10 nitrogen and oxygen atoms in total. The van der Waals surface area contributed by atoms with Crippen molar-refractivity contribution < 1.29 is 45.4 Å². The standard InChI is InChI=1S/2C15H22O5S/c2*1-4-19-15(16)11-21(17,18)14-7-5-13(6-8-14)20-10-9-12(2)3/h2*5-8,12H,4,9-11H2,1-3H3. The zero-order valence-electron chi connectivity index (χ0n) is 25.3. The predicted molar refractivity (Wildman–Crippen MR) is 160 cm³/mol. The van der Waals surface area contributed by atoms with Crippen molar-refractivity contribution in [2.24, 2.45) is 11.8 Å². The third kappa shape index (κ3) is 14.7. The van der Waals surface area contributed by atoms with Gasteiger partial charge < -0.3 is 18.9 Å². The molecular weight excluding hydrogens is 584 g/mol. The molecule has 0 spiro atoms. The molecule has 2 aromatic carbocycles. The number of carbonyl (C=O) groups is 2. The highest BCUT2D eigenvalue weighted by atomic mass is 32.2. The van der Waals surface area contributed by atoms with Gasteiger partial charge in [-0.3, -0.25) is 9.59 Å². The van der Waals surface area contributed by atoms with Gasteiger partial charge in [-0.05, 0) is 87.1 Å². The summed E-state index contributed by atoms with van der Waals surface area (Å²) in [5, 5.41) is 0. The molecule has 0 unspecified atom stereocenters. The molecule has 0 heterocycles. The second-order valence-electron chi connectivity index (χ2n) is 10.1. The summed E-state index contributed by atoms with van der Waals surface area (Å²) in [6, 6.07) is 12.2. The van der Waals surface area contributed by atoms with Gasteiger partial charge in [0.15, 0.2) is 31.2 Å². The van der Waals surface area contributed by atoms with Gasteiger partial charge in [-0.15, -0.1) is 0 Å². The Hall–Kier alpha value is -3.12. The SMILES string of the molecule is CCOC(=O)CS(=O)(=O)c1ccc(OCCC(C)C)cc1.CCOC(=O)CS(=O)(=O)c1ccc(OCCC(C)C)cc1. The number of sulfone groups is 2. The molecule has 12 heteroatoms. The molecule has 0 amide bonds. The zero-order chi connectivity index (χ0) is 31.8. The van der Waals surface area contributed by atoms with Crippen molar-refractivity contribution >= 4 is 31.6 Å². The van der Waals surface area contributed by atoms with Crippen molar-refractivity contribution in [3.63, 3.8) is 0 Å². The average Bonchev–Trinajstić information content (AvgIpc) is 2.89. The molecule has 0 N–H and O–H groups in total. The fourth-order valence-corrected chi connectivity index (χ4v) is 5.42. The molecular formula is C30H44O10S2. The molecule has 0 aromatic heterocycles. The van der Waals surface area contributed by atoms with E-state index < -0.39 is 43.1 Å². The van der Waals surface area contributed by atoms with Crippen molar-refractivity contribution in [3.8, 4) is 11.5 Å². The van der Waals surface area contributed by atoms with E-state index in [1.165, 1.54) is 24.3 Å². The van der Waals surface area contributed by atoms with Crippen molar-refractivity contribution in [3.05, 3.63) is 48.5 Å². The summed E-state index contributed by atoms with van der Waals surface area (Å²) in [4.78, 5) is 22.7. The van der Waals surface area contributed by atoms with Crippen LogP contribution in [0.5, 0.6) is 11.5 Å². The lowest BCUT2D eigenvalue weighted by molar-refractivity contribution is -0.140. The first kappa shape index (κ1) is 36.9. The molecule has 0 atom stereocenters. The summed E-state index contributed by atoms with van der Waals surface area (Å²) in [6.07, 6.45) is 1.87. The van der Waals surface area contributed by atoms with Gasteiger partial charge in [0.1, 0.15) is 11.5 Å². The number of carbonyl (C=O) groups excluding carboxylic acids is 2. The number of hydrogen-bond acceptors (Lipinski definition) is 10. The molecule has 236 valence electrons. The van der Waals surface area contributed by atoms with Crippen LogP contribution in [-0.4, -0.2) is 66.7 Å². The van der Waals surface area contributed by atoms with Gasteiger partial charge in [-0.1, -0.05) is 27.7 Å². The number of hydrogen-bond donors (Lipinski definition) is 0. The van der Waals surface area contributed by atoms with Gasteiger partial charge in [-0.2, -0.15) is 0 Å². The van der Waals surface area contributed by atoms with E-state index in [0.717, 1.165) is 12.8 Å². The Morgan fingerprint density at radius 1 is 0.595 bits per heavy atom. The lowest BCUT2D eigenvalue weighted by Gasteiger charge is -2.09. The van der Waals surface area contributed by atoms with Crippen LogP contribution in [0.1, 0.15) is 54.4 Å². The second kappa shape index (κ2) is 18.4. The first-order valence-corrected chi connectivity index (χ1v) is 17.2. The van der Waals surface area contributed by atoms with Gasteiger partial charge in [0, 0.05) is 0 Å². The number of ether oxygens (including phenoxy) is 4. The maximum absolute atomic E-state index is 12.0. The minimum atomic E-state index is -3.66. The highest BCUT2D eigenvalue weighted by Gasteiger charge is 2.21. The average molecular weight is 629 g/mol. The van der Waals surface area contributed by atoms with Gasteiger partial charge in [0.2, 0.25) is 0 Å². The number of rotatable bonds is 16. The summed E-state index contributed by atoms with van der Waals surface area (Å²) in [5.41, 5.74) is 0. The van der Waals surface area contributed by atoms with Crippen molar-refractivity contribution in [2.45, 2.75) is 64.2 Å². The minimum Gasteiger partial charge on any atom is -0.494 e. The number of esters is 2. The Kier molecular flexibility index (Phi) is 16.2. The van der Waals surface area contributed by atoms with Crippen LogP contribution in [0.15, 0.2) is 58.3 Å². The molecule has 0 aliphatic rings. The van der Waals surface area contributed by atoms with E-state index in [4.69, 9.17) is 9.47 Å². The Morgan fingerprint density at radius 3 is 1.17 bits per heavy atom. The lowest BCUT2D eigenvalue weighted by atomic mass is 10.1. The van der Waals surface area contributed by atoms with Crippen LogP contribution < -0.4 is 9.47 Å². The van der Waals surface area contributed by atoms with Gasteiger partial charge in [-0.25, -0.2) is 16.8 Å². The number of benzene rings is 2. The molecule has 42 heavy (non-hydrogen) atoms. The maximum atomic E-state index is 12.0.